The summed E-state index contributed by atoms with van der Waals surface area (Å²) in [4.78, 5) is 16.3. The van der Waals surface area contributed by atoms with Crippen molar-refractivity contribution in [1.82, 2.24) is 9.47 Å². The van der Waals surface area contributed by atoms with Crippen LogP contribution in [0.2, 0.25) is 0 Å². The molecule has 0 saturated heterocycles. The molecule has 4 rings (SSSR count). The predicted molar refractivity (Wildman–Crippen MR) is 116 cm³/mol. The number of rotatable bonds is 6. The van der Waals surface area contributed by atoms with Crippen LogP contribution in [0.3, 0.4) is 0 Å². The minimum atomic E-state index is 0.186. The Morgan fingerprint density at radius 3 is 2.64 bits per heavy atom. The third-order valence-corrected chi connectivity index (χ3v) is 6.72. The van der Waals surface area contributed by atoms with E-state index in [2.05, 4.69) is 59.0 Å². The Labute approximate surface area is 171 Å². The molecule has 1 fully saturated rings. The Morgan fingerprint density at radius 2 is 1.89 bits per heavy atom. The summed E-state index contributed by atoms with van der Waals surface area (Å²) in [6, 6.07) is 17.1. The molecule has 1 aromatic carbocycles. The zero-order valence-electron chi connectivity index (χ0n) is 16.5. The van der Waals surface area contributed by atoms with Crippen molar-refractivity contribution in [1.29, 1.82) is 0 Å². The largest absolute Gasteiger partial charge is 0.345 e. The number of aryl methyl sites for hydroxylation is 1. The fourth-order valence-corrected chi connectivity index (χ4v) is 4.87. The molecule has 1 aliphatic rings. The van der Waals surface area contributed by atoms with Gasteiger partial charge in [-0.25, -0.2) is 0 Å². The van der Waals surface area contributed by atoms with E-state index < -0.39 is 0 Å². The van der Waals surface area contributed by atoms with Crippen LogP contribution in [0.1, 0.15) is 58.6 Å². The standard InChI is InChI=1S/C24H28N2OS/c1-19-9-5-6-10-20(19)17-25-15-7-13-22(25)18-26(21-11-3-2-4-12-21)24(27)23-14-8-16-28-23/h5-10,13-16,21H,2-4,11-12,17-18H2,1H3. The van der Waals surface area contributed by atoms with E-state index in [1.54, 1.807) is 11.3 Å². The van der Waals surface area contributed by atoms with Crippen molar-refractivity contribution >= 4 is 17.2 Å². The number of nitrogens with zero attached hydrogens (tertiary/aromatic N) is 2. The molecule has 1 amide bonds. The van der Waals surface area contributed by atoms with Gasteiger partial charge in [0.05, 0.1) is 11.4 Å². The molecule has 146 valence electrons. The van der Waals surface area contributed by atoms with E-state index in [1.807, 2.05) is 17.5 Å². The SMILES string of the molecule is Cc1ccccc1Cn1cccc1CN(C(=O)c1cccs1)C1CCCCC1. The van der Waals surface area contributed by atoms with E-state index >= 15 is 0 Å². The number of aromatic nitrogens is 1. The number of carbonyl (C=O) groups is 1. The summed E-state index contributed by atoms with van der Waals surface area (Å²) in [6.45, 7) is 3.69. The van der Waals surface area contributed by atoms with Crippen LogP contribution in [0.25, 0.3) is 0 Å². The molecule has 0 unspecified atom stereocenters. The number of thiophene rings is 1. The molecule has 28 heavy (non-hydrogen) atoms. The Kier molecular flexibility index (Phi) is 5.96. The molecule has 4 heteroatoms. The van der Waals surface area contributed by atoms with Crippen molar-refractivity contribution in [2.45, 2.75) is 58.2 Å². The van der Waals surface area contributed by atoms with Gasteiger partial charge < -0.3 is 9.47 Å². The van der Waals surface area contributed by atoms with Crippen molar-refractivity contribution in [2.75, 3.05) is 0 Å². The summed E-state index contributed by atoms with van der Waals surface area (Å²) in [5.74, 6) is 0.186. The van der Waals surface area contributed by atoms with Gasteiger partial charge in [-0.15, -0.1) is 11.3 Å². The maximum absolute atomic E-state index is 13.3. The smallest absolute Gasteiger partial charge is 0.264 e. The first-order valence-electron chi connectivity index (χ1n) is 10.3. The molecule has 2 heterocycles. The maximum atomic E-state index is 13.3. The molecule has 0 aliphatic heterocycles. The maximum Gasteiger partial charge on any atom is 0.264 e. The van der Waals surface area contributed by atoms with Gasteiger partial charge in [0.25, 0.3) is 5.91 Å². The molecule has 0 bridgehead atoms. The summed E-state index contributed by atoms with van der Waals surface area (Å²) in [5.41, 5.74) is 3.84. The summed E-state index contributed by atoms with van der Waals surface area (Å²) in [6.07, 6.45) is 8.12. The van der Waals surface area contributed by atoms with Crippen molar-refractivity contribution in [2.24, 2.45) is 0 Å². The molecule has 1 saturated carbocycles. The molecule has 3 aromatic rings. The number of amides is 1. The average molecular weight is 393 g/mol. The van der Waals surface area contributed by atoms with Crippen LogP contribution in [0.5, 0.6) is 0 Å². The normalized spacial score (nSPS) is 14.9. The lowest BCUT2D eigenvalue weighted by molar-refractivity contribution is 0.0614. The number of hydrogen-bond acceptors (Lipinski definition) is 2. The second-order valence-corrected chi connectivity index (χ2v) is 8.70. The van der Waals surface area contributed by atoms with Gasteiger partial charge >= 0.3 is 0 Å². The molecule has 0 N–H and O–H groups in total. The fourth-order valence-electron chi connectivity index (χ4n) is 4.19. The lowest BCUT2D eigenvalue weighted by atomic mass is 9.94. The first kappa shape index (κ1) is 19.0. The van der Waals surface area contributed by atoms with Gasteiger partial charge in [0.2, 0.25) is 0 Å². The Hall–Kier alpha value is -2.33. The van der Waals surface area contributed by atoms with Crippen molar-refractivity contribution in [3.05, 3.63) is 81.8 Å². The van der Waals surface area contributed by atoms with Crippen LogP contribution in [0, 0.1) is 6.92 Å². The molecule has 1 aliphatic carbocycles. The minimum Gasteiger partial charge on any atom is -0.345 e. The number of benzene rings is 1. The first-order chi connectivity index (χ1) is 13.7. The van der Waals surface area contributed by atoms with Crippen LogP contribution >= 0.6 is 11.3 Å². The van der Waals surface area contributed by atoms with E-state index in [-0.39, 0.29) is 5.91 Å². The van der Waals surface area contributed by atoms with Gasteiger partial charge in [-0.05, 0) is 54.5 Å². The molecule has 3 nitrogen and oxygen atoms in total. The molecule has 2 aromatic heterocycles. The molecule has 0 spiro atoms. The quantitative estimate of drug-likeness (QED) is 0.514. The lowest BCUT2D eigenvalue weighted by Gasteiger charge is -2.34. The highest BCUT2D eigenvalue weighted by Gasteiger charge is 2.27. The van der Waals surface area contributed by atoms with E-state index in [9.17, 15) is 4.79 Å². The summed E-state index contributed by atoms with van der Waals surface area (Å²) in [5, 5.41) is 1.99. The fraction of sp³-hybridized carbons (Fsp3) is 0.375. The van der Waals surface area contributed by atoms with Gasteiger partial charge in [-0.1, -0.05) is 49.6 Å². The van der Waals surface area contributed by atoms with Gasteiger partial charge in [-0.2, -0.15) is 0 Å². The summed E-state index contributed by atoms with van der Waals surface area (Å²) >= 11 is 1.55. The number of carbonyl (C=O) groups excluding carboxylic acids is 1. The Bertz CT molecular complexity index is 906. The highest BCUT2D eigenvalue weighted by Crippen LogP contribution is 2.27. The van der Waals surface area contributed by atoms with Gasteiger partial charge in [-0.3, -0.25) is 4.79 Å². The highest BCUT2D eigenvalue weighted by molar-refractivity contribution is 7.12. The minimum absolute atomic E-state index is 0.186. The van der Waals surface area contributed by atoms with Crippen LogP contribution in [0.4, 0.5) is 0 Å². The van der Waals surface area contributed by atoms with E-state index in [0.717, 1.165) is 24.3 Å². The van der Waals surface area contributed by atoms with Crippen molar-refractivity contribution in [3.8, 4) is 0 Å². The van der Waals surface area contributed by atoms with E-state index in [1.165, 1.54) is 36.1 Å². The Balaban J connectivity index is 1.58. The zero-order valence-corrected chi connectivity index (χ0v) is 17.3. The van der Waals surface area contributed by atoms with Gasteiger partial charge in [0.1, 0.15) is 0 Å². The zero-order chi connectivity index (χ0) is 19.3. The van der Waals surface area contributed by atoms with Crippen molar-refractivity contribution < 1.29 is 4.79 Å². The third kappa shape index (κ3) is 4.22. The molecular weight excluding hydrogens is 364 g/mol. The second-order valence-electron chi connectivity index (χ2n) is 7.76. The van der Waals surface area contributed by atoms with Gasteiger partial charge in [0, 0.05) is 24.5 Å². The highest BCUT2D eigenvalue weighted by atomic mass is 32.1. The van der Waals surface area contributed by atoms with Crippen molar-refractivity contribution in [3.63, 3.8) is 0 Å². The van der Waals surface area contributed by atoms with E-state index in [0.29, 0.717) is 12.6 Å². The van der Waals surface area contributed by atoms with Crippen LogP contribution in [0.15, 0.2) is 60.1 Å². The Morgan fingerprint density at radius 1 is 1.07 bits per heavy atom. The second kappa shape index (κ2) is 8.78. The summed E-state index contributed by atoms with van der Waals surface area (Å²) < 4.78 is 2.29. The first-order valence-corrected chi connectivity index (χ1v) is 11.1. The predicted octanol–water partition coefficient (Wildman–Crippen LogP) is 5.88. The average Bonchev–Trinajstić information content (AvgIpc) is 3.40. The topological polar surface area (TPSA) is 25.2 Å². The van der Waals surface area contributed by atoms with Crippen LogP contribution in [-0.2, 0) is 13.1 Å². The van der Waals surface area contributed by atoms with Gasteiger partial charge in [0.15, 0.2) is 0 Å². The molecule has 0 radical (unpaired) electrons. The third-order valence-electron chi connectivity index (χ3n) is 5.87. The number of hydrogen-bond donors (Lipinski definition) is 0. The molecule has 0 atom stereocenters. The van der Waals surface area contributed by atoms with Crippen LogP contribution < -0.4 is 0 Å². The molecular formula is C24H28N2OS. The lowest BCUT2D eigenvalue weighted by Crippen LogP contribution is -2.41. The van der Waals surface area contributed by atoms with E-state index in [4.69, 9.17) is 0 Å². The summed E-state index contributed by atoms with van der Waals surface area (Å²) in [7, 11) is 0. The monoisotopic (exact) mass is 392 g/mol. The van der Waals surface area contributed by atoms with Crippen LogP contribution in [-0.4, -0.2) is 21.4 Å².